The summed E-state index contributed by atoms with van der Waals surface area (Å²) >= 11 is 5.11. The van der Waals surface area contributed by atoms with Crippen molar-refractivity contribution in [2.75, 3.05) is 5.32 Å². The molecule has 2 aromatic heterocycles. The summed E-state index contributed by atoms with van der Waals surface area (Å²) < 4.78 is 6.47. The smallest absolute Gasteiger partial charge is 0.258 e. The molecule has 3 heterocycles. The van der Waals surface area contributed by atoms with E-state index in [1.807, 2.05) is 48.5 Å². The summed E-state index contributed by atoms with van der Waals surface area (Å²) in [5.41, 5.74) is 1.55. The third-order valence-electron chi connectivity index (χ3n) is 3.79. The summed E-state index contributed by atoms with van der Waals surface area (Å²) in [6.07, 6.45) is 1.42. The lowest BCUT2D eigenvalue weighted by atomic mass is 10.1. The molecule has 1 aliphatic heterocycles. The second-order valence-corrected chi connectivity index (χ2v) is 7.74. The van der Waals surface area contributed by atoms with Gasteiger partial charge in [-0.15, -0.1) is 11.3 Å². The van der Waals surface area contributed by atoms with E-state index >= 15 is 0 Å². The molecule has 0 spiro atoms. The Bertz CT molecular complexity index is 844. The van der Waals surface area contributed by atoms with Crippen molar-refractivity contribution in [2.24, 2.45) is 0 Å². The minimum Gasteiger partial charge on any atom is -0.467 e. The molecule has 1 aromatic carbocycles. The predicted molar refractivity (Wildman–Crippen MR) is 93.4 cm³/mol. The van der Waals surface area contributed by atoms with Crippen molar-refractivity contribution in [3.05, 3.63) is 74.8 Å². The highest BCUT2D eigenvalue weighted by Gasteiger charge is 2.34. The number of hydrogen-bond acceptors (Lipinski definition) is 4. The van der Waals surface area contributed by atoms with Gasteiger partial charge in [0.2, 0.25) is 0 Å². The third-order valence-corrected chi connectivity index (χ3v) is 5.47. The van der Waals surface area contributed by atoms with E-state index in [1.54, 1.807) is 22.5 Å². The van der Waals surface area contributed by atoms with Gasteiger partial charge in [0.15, 0.2) is 0 Å². The number of thiophene rings is 1. The molecule has 3 aromatic rings. The first kappa shape index (κ1) is 14.5. The van der Waals surface area contributed by atoms with Crippen LogP contribution >= 0.6 is 27.3 Å². The Hall–Kier alpha value is -2.05. The molecule has 1 N–H and O–H groups in total. The number of nitrogens with one attached hydrogen (secondary N) is 1. The Balaban J connectivity index is 1.76. The second kappa shape index (κ2) is 5.86. The maximum atomic E-state index is 13.0. The molecular formula is C17H13BrN2O2S. The highest BCUT2D eigenvalue weighted by molar-refractivity contribution is 9.11. The topological polar surface area (TPSA) is 45.5 Å². The van der Waals surface area contributed by atoms with Gasteiger partial charge in [-0.3, -0.25) is 4.79 Å². The number of para-hydroxylation sites is 1. The first-order valence-corrected chi connectivity index (χ1v) is 8.77. The van der Waals surface area contributed by atoms with Crippen LogP contribution in [0.15, 0.2) is 63.0 Å². The van der Waals surface area contributed by atoms with Gasteiger partial charge < -0.3 is 14.6 Å². The molecule has 23 heavy (non-hydrogen) atoms. The number of nitrogens with zero attached hydrogens (tertiary/aromatic N) is 1. The van der Waals surface area contributed by atoms with Gasteiger partial charge in [0.25, 0.3) is 5.91 Å². The van der Waals surface area contributed by atoms with E-state index < -0.39 is 0 Å². The Morgan fingerprint density at radius 2 is 2.04 bits per heavy atom. The van der Waals surface area contributed by atoms with Crippen LogP contribution in [0.2, 0.25) is 0 Å². The SMILES string of the molecule is O=C1c2ccccc2NC(c2ccc(Br)s2)N1Cc1ccco1. The van der Waals surface area contributed by atoms with E-state index in [9.17, 15) is 4.79 Å². The normalized spacial score (nSPS) is 17.0. The van der Waals surface area contributed by atoms with Crippen molar-refractivity contribution in [1.82, 2.24) is 4.90 Å². The molecule has 1 aliphatic rings. The van der Waals surface area contributed by atoms with Crippen molar-refractivity contribution in [1.29, 1.82) is 0 Å². The van der Waals surface area contributed by atoms with Gasteiger partial charge in [-0.2, -0.15) is 0 Å². The number of rotatable bonds is 3. The number of anilines is 1. The number of fused-ring (bicyclic) bond motifs is 1. The molecule has 4 nitrogen and oxygen atoms in total. The Kier molecular flexibility index (Phi) is 3.71. The molecular weight excluding hydrogens is 376 g/mol. The minimum atomic E-state index is -0.209. The number of carbonyl (C=O) groups excluding carboxylic acids is 1. The lowest BCUT2D eigenvalue weighted by Gasteiger charge is -2.36. The zero-order valence-corrected chi connectivity index (χ0v) is 14.4. The van der Waals surface area contributed by atoms with Crippen LogP contribution in [0.4, 0.5) is 5.69 Å². The van der Waals surface area contributed by atoms with Crippen molar-refractivity contribution in [3.63, 3.8) is 0 Å². The molecule has 1 amide bonds. The van der Waals surface area contributed by atoms with Crippen LogP contribution in [0.3, 0.4) is 0 Å². The lowest BCUT2D eigenvalue weighted by molar-refractivity contribution is 0.0654. The van der Waals surface area contributed by atoms with Crippen molar-refractivity contribution >= 4 is 38.9 Å². The Morgan fingerprint density at radius 3 is 2.78 bits per heavy atom. The van der Waals surface area contributed by atoms with E-state index in [1.165, 1.54) is 0 Å². The maximum Gasteiger partial charge on any atom is 0.258 e. The van der Waals surface area contributed by atoms with Gasteiger partial charge in [-0.05, 0) is 52.3 Å². The van der Waals surface area contributed by atoms with Crippen LogP contribution < -0.4 is 5.32 Å². The van der Waals surface area contributed by atoms with E-state index in [-0.39, 0.29) is 12.1 Å². The van der Waals surface area contributed by atoms with Gasteiger partial charge in [-0.1, -0.05) is 12.1 Å². The number of hydrogen-bond donors (Lipinski definition) is 1. The maximum absolute atomic E-state index is 13.0. The largest absolute Gasteiger partial charge is 0.467 e. The number of carbonyl (C=O) groups is 1. The fraction of sp³-hybridized carbons (Fsp3) is 0.118. The van der Waals surface area contributed by atoms with Crippen molar-refractivity contribution in [3.8, 4) is 0 Å². The Labute approximate surface area is 145 Å². The molecule has 0 bridgehead atoms. The summed E-state index contributed by atoms with van der Waals surface area (Å²) in [5, 5.41) is 3.47. The van der Waals surface area contributed by atoms with Crippen LogP contribution in [0.5, 0.6) is 0 Å². The molecule has 0 aliphatic carbocycles. The van der Waals surface area contributed by atoms with Gasteiger partial charge in [0.05, 0.1) is 22.2 Å². The number of benzene rings is 1. The molecule has 0 radical (unpaired) electrons. The molecule has 6 heteroatoms. The van der Waals surface area contributed by atoms with Gasteiger partial charge in [0.1, 0.15) is 11.9 Å². The molecule has 1 unspecified atom stereocenters. The molecule has 0 saturated carbocycles. The molecule has 0 fully saturated rings. The minimum absolute atomic E-state index is 0.00488. The summed E-state index contributed by atoms with van der Waals surface area (Å²) in [7, 11) is 0. The fourth-order valence-electron chi connectivity index (χ4n) is 2.73. The van der Waals surface area contributed by atoms with E-state index in [0.29, 0.717) is 12.1 Å². The van der Waals surface area contributed by atoms with Crippen LogP contribution in [0, 0.1) is 0 Å². The highest BCUT2D eigenvalue weighted by atomic mass is 79.9. The first-order valence-electron chi connectivity index (χ1n) is 7.16. The Morgan fingerprint density at radius 1 is 1.17 bits per heavy atom. The molecule has 116 valence electrons. The number of halogens is 1. The quantitative estimate of drug-likeness (QED) is 0.695. The summed E-state index contributed by atoms with van der Waals surface area (Å²) in [6, 6.07) is 15.3. The zero-order chi connectivity index (χ0) is 15.8. The van der Waals surface area contributed by atoms with E-state index in [0.717, 1.165) is 20.1 Å². The monoisotopic (exact) mass is 388 g/mol. The van der Waals surface area contributed by atoms with E-state index in [4.69, 9.17) is 4.42 Å². The lowest BCUT2D eigenvalue weighted by Crippen LogP contribution is -2.42. The van der Waals surface area contributed by atoms with Crippen LogP contribution in [-0.2, 0) is 6.54 Å². The predicted octanol–water partition coefficient (Wildman–Crippen LogP) is 4.87. The molecule has 0 saturated heterocycles. The van der Waals surface area contributed by atoms with Crippen LogP contribution in [0.25, 0.3) is 0 Å². The second-order valence-electron chi connectivity index (χ2n) is 5.25. The average molecular weight is 389 g/mol. The van der Waals surface area contributed by atoms with Crippen molar-refractivity contribution < 1.29 is 9.21 Å². The van der Waals surface area contributed by atoms with E-state index in [2.05, 4.69) is 21.2 Å². The number of amides is 1. The third kappa shape index (κ3) is 2.68. The zero-order valence-electron chi connectivity index (χ0n) is 12.0. The number of furan rings is 1. The van der Waals surface area contributed by atoms with Gasteiger partial charge in [-0.25, -0.2) is 0 Å². The average Bonchev–Trinajstić information content (AvgIpc) is 3.21. The molecule has 4 rings (SSSR count). The van der Waals surface area contributed by atoms with Gasteiger partial charge in [0, 0.05) is 10.6 Å². The summed E-state index contributed by atoms with van der Waals surface area (Å²) in [4.78, 5) is 15.9. The fourth-order valence-corrected chi connectivity index (χ4v) is 4.21. The molecule has 1 atom stereocenters. The van der Waals surface area contributed by atoms with Crippen LogP contribution in [-0.4, -0.2) is 10.8 Å². The van der Waals surface area contributed by atoms with Gasteiger partial charge >= 0.3 is 0 Å². The first-order chi connectivity index (χ1) is 11.2. The highest BCUT2D eigenvalue weighted by Crippen LogP contribution is 2.37. The summed E-state index contributed by atoms with van der Waals surface area (Å²) in [5.74, 6) is 0.769. The standard InChI is InChI=1S/C17H13BrN2O2S/c18-15-8-7-14(23-15)16-19-13-6-2-1-5-12(13)17(21)20(16)10-11-4-3-9-22-11/h1-9,16,19H,10H2. The summed E-state index contributed by atoms with van der Waals surface area (Å²) in [6.45, 7) is 0.424. The van der Waals surface area contributed by atoms with Crippen molar-refractivity contribution in [2.45, 2.75) is 12.7 Å². The van der Waals surface area contributed by atoms with Crippen LogP contribution in [0.1, 0.15) is 27.2 Å².